The van der Waals surface area contributed by atoms with E-state index in [1.807, 2.05) is 6.07 Å². The van der Waals surface area contributed by atoms with Gasteiger partial charge in [0.25, 0.3) is 5.91 Å². The van der Waals surface area contributed by atoms with Crippen LogP contribution in [-0.2, 0) is 4.79 Å². The second-order valence-corrected chi connectivity index (χ2v) is 7.30. The Bertz CT molecular complexity index is 672. The standard InChI is InChI=1S/C19H21N3O2/c20-10-12-1-3-17(4-2-12)24-11-18(23)21-22-19-15-6-13-5-14(8-15)9-16(19)7-13/h1-4,13-16H,5-9,11H2,(H,21,23). The molecule has 24 heavy (non-hydrogen) atoms. The first-order valence-electron chi connectivity index (χ1n) is 8.70. The summed E-state index contributed by atoms with van der Waals surface area (Å²) in [7, 11) is 0. The number of amides is 1. The van der Waals surface area contributed by atoms with Gasteiger partial charge in [-0.25, -0.2) is 5.43 Å². The zero-order valence-electron chi connectivity index (χ0n) is 13.6. The first kappa shape index (κ1) is 15.2. The molecule has 4 aliphatic rings. The zero-order valence-corrected chi connectivity index (χ0v) is 13.6. The molecule has 4 saturated carbocycles. The summed E-state index contributed by atoms with van der Waals surface area (Å²) < 4.78 is 5.43. The van der Waals surface area contributed by atoms with Crippen LogP contribution in [0.25, 0.3) is 0 Å². The highest BCUT2D eigenvalue weighted by Crippen LogP contribution is 2.52. The fourth-order valence-electron chi connectivity index (χ4n) is 4.78. The van der Waals surface area contributed by atoms with Crippen molar-refractivity contribution in [3.05, 3.63) is 29.8 Å². The van der Waals surface area contributed by atoms with Crippen LogP contribution in [-0.4, -0.2) is 18.2 Å². The van der Waals surface area contributed by atoms with Crippen LogP contribution in [0, 0.1) is 35.0 Å². The molecule has 1 aromatic rings. The van der Waals surface area contributed by atoms with Gasteiger partial charge in [-0.2, -0.15) is 10.4 Å². The number of rotatable bonds is 4. The van der Waals surface area contributed by atoms with E-state index in [2.05, 4.69) is 10.5 Å². The summed E-state index contributed by atoms with van der Waals surface area (Å²) in [5.41, 5.74) is 4.46. The molecule has 5 nitrogen and oxygen atoms in total. The first-order valence-corrected chi connectivity index (χ1v) is 8.70. The normalized spacial score (nSPS) is 29.9. The Morgan fingerprint density at radius 3 is 2.33 bits per heavy atom. The largest absolute Gasteiger partial charge is 0.484 e. The second-order valence-electron chi connectivity index (χ2n) is 7.30. The van der Waals surface area contributed by atoms with E-state index in [4.69, 9.17) is 10.00 Å². The lowest BCUT2D eigenvalue weighted by molar-refractivity contribution is -0.123. The minimum absolute atomic E-state index is 0.0662. The van der Waals surface area contributed by atoms with Crippen molar-refractivity contribution in [2.24, 2.45) is 28.8 Å². The van der Waals surface area contributed by atoms with Crippen LogP contribution in [0.3, 0.4) is 0 Å². The predicted molar refractivity (Wildman–Crippen MR) is 89.3 cm³/mol. The lowest BCUT2D eigenvalue weighted by Crippen LogP contribution is -2.46. The van der Waals surface area contributed by atoms with Crippen molar-refractivity contribution in [3.63, 3.8) is 0 Å². The summed E-state index contributed by atoms with van der Waals surface area (Å²) in [6, 6.07) is 8.77. The number of hydrazone groups is 1. The molecule has 0 spiro atoms. The molecule has 0 heterocycles. The monoisotopic (exact) mass is 323 g/mol. The van der Waals surface area contributed by atoms with Crippen LogP contribution in [0.15, 0.2) is 29.4 Å². The van der Waals surface area contributed by atoms with E-state index in [1.165, 1.54) is 37.8 Å². The highest BCUT2D eigenvalue weighted by atomic mass is 16.5. The van der Waals surface area contributed by atoms with Crippen LogP contribution in [0.2, 0.25) is 0 Å². The van der Waals surface area contributed by atoms with Gasteiger partial charge in [-0.15, -0.1) is 0 Å². The number of ether oxygens (including phenoxy) is 1. The molecular formula is C19H21N3O2. The average molecular weight is 323 g/mol. The molecule has 4 bridgehead atoms. The maximum absolute atomic E-state index is 12.0. The number of nitrogens with one attached hydrogen (secondary N) is 1. The zero-order chi connectivity index (χ0) is 16.5. The number of carbonyl (C=O) groups excluding carboxylic acids is 1. The van der Waals surface area contributed by atoms with Crippen molar-refractivity contribution in [1.82, 2.24) is 5.43 Å². The van der Waals surface area contributed by atoms with Gasteiger partial charge in [0, 0.05) is 5.71 Å². The summed E-state index contributed by atoms with van der Waals surface area (Å²) in [6.07, 6.45) is 6.42. The summed E-state index contributed by atoms with van der Waals surface area (Å²) in [5, 5.41) is 13.2. The van der Waals surface area contributed by atoms with Gasteiger partial charge in [-0.1, -0.05) is 0 Å². The summed E-state index contributed by atoms with van der Waals surface area (Å²) in [4.78, 5) is 12.0. The SMILES string of the molecule is N#Cc1ccc(OCC(=O)NN=C2C3CC4CC(C3)CC2C4)cc1. The Hall–Kier alpha value is -2.35. The van der Waals surface area contributed by atoms with Gasteiger partial charge < -0.3 is 4.74 Å². The van der Waals surface area contributed by atoms with Gasteiger partial charge >= 0.3 is 0 Å². The van der Waals surface area contributed by atoms with Gasteiger partial charge in [0.15, 0.2) is 6.61 Å². The third-order valence-corrected chi connectivity index (χ3v) is 5.64. The van der Waals surface area contributed by atoms with E-state index in [1.54, 1.807) is 24.3 Å². The molecule has 4 aliphatic carbocycles. The fourth-order valence-corrected chi connectivity index (χ4v) is 4.78. The molecule has 0 aliphatic heterocycles. The lowest BCUT2D eigenvalue weighted by Gasteiger charge is -2.50. The van der Waals surface area contributed by atoms with Crippen LogP contribution in [0.1, 0.15) is 37.7 Å². The third kappa shape index (κ3) is 3.01. The van der Waals surface area contributed by atoms with Gasteiger partial charge in [0.05, 0.1) is 11.6 Å². The second kappa shape index (κ2) is 6.27. The highest BCUT2D eigenvalue weighted by Gasteiger charge is 2.46. The molecule has 0 aromatic heterocycles. The van der Waals surface area contributed by atoms with Gasteiger partial charge in [-0.05, 0) is 80.0 Å². The molecule has 0 radical (unpaired) electrons. The van der Waals surface area contributed by atoms with Crippen LogP contribution < -0.4 is 10.2 Å². The maximum atomic E-state index is 12.0. The number of carbonyl (C=O) groups is 1. The minimum Gasteiger partial charge on any atom is -0.484 e. The molecule has 0 saturated heterocycles. The van der Waals surface area contributed by atoms with E-state index in [-0.39, 0.29) is 12.5 Å². The van der Waals surface area contributed by atoms with Crippen molar-refractivity contribution < 1.29 is 9.53 Å². The highest BCUT2D eigenvalue weighted by molar-refractivity contribution is 5.92. The van der Waals surface area contributed by atoms with E-state index in [0.717, 1.165) is 11.8 Å². The Morgan fingerprint density at radius 2 is 1.75 bits per heavy atom. The third-order valence-electron chi connectivity index (χ3n) is 5.64. The van der Waals surface area contributed by atoms with Crippen LogP contribution in [0.5, 0.6) is 5.75 Å². The summed E-state index contributed by atoms with van der Waals surface area (Å²) in [5.74, 6) is 3.29. The molecule has 124 valence electrons. The summed E-state index contributed by atoms with van der Waals surface area (Å²) in [6.45, 7) is -0.0662. The van der Waals surface area contributed by atoms with Crippen molar-refractivity contribution in [1.29, 1.82) is 5.26 Å². The number of hydrogen-bond acceptors (Lipinski definition) is 4. The number of nitriles is 1. The first-order chi connectivity index (χ1) is 11.7. The van der Waals surface area contributed by atoms with Gasteiger partial charge in [0.2, 0.25) is 0 Å². The van der Waals surface area contributed by atoms with Crippen LogP contribution >= 0.6 is 0 Å². The smallest absolute Gasteiger partial charge is 0.277 e. The molecule has 0 unspecified atom stereocenters. The quantitative estimate of drug-likeness (QED) is 0.866. The minimum atomic E-state index is -0.235. The fraction of sp³-hybridized carbons (Fsp3) is 0.526. The molecule has 4 fully saturated rings. The number of nitrogens with zero attached hydrogens (tertiary/aromatic N) is 2. The van der Waals surface area contributed by atoms with E-state index < -0.39 is 0 Å². The Kier molecular flexibility index (Phi) is 3.97. The predicted octanol–water partition coefficient (Wildman–Crippen LogP) is 2.87. The Morgan fingerprint density at radius 1 is 1.12 bits per heavy atom. The number of benzene rings is 1. The van der Waals surface area contributed by atoms with Crippen molar-refractivity contribution in [2.45, 2.75) is 32.1 Å². The topological polar surface area (TPSA) is 74.5 Å². The molecule has 5 rings (SSSR count). The molecule has 1 aromatic carbocycles. The molecule has 1 N–H and O–H groups in total. The molecule has 5 heteroatoms. The van der Waals surface area contributed by atoms with Crippen LogP contribution in [0.4, 0.5) is 0 Å². The average Bonchev–Trinajstić information content (AvgIpc) is 2.59. The van der Waals surface area contributed by atoms with E-state index in [9.17, 15) is 4.79 Å². The van der Waals surface area contributed by atoms with Crippen molar-refractivity contribution in [2.75, 3.05) is 6.61 Å². The van der Waals surface area contributed by atoms with E-state index in [0.29, 0.717) is 23.1 Å². The Labute approximate surface area is 141 Å². The van der Waals surface area contributed by atoms with Gasteiger partial charge in [0.1, 0.15) is 5.75 Å². The number of hydrogen-bond donors (Lipinski definition) is 1. The van der Waals surface area contributed by atoms with Crippen molar-refractivity contribution >= 4 is 11.6 Å². The van der Waals surface area contributed by atoms with E-state index >= 15 is 0 Å². The molecule has 1 amide bonds. The molecular weight excluding hydrogens is 302 g/mol. The summed E-state index contributed by atoms with van der Waals surface area (Å²) >= 11 is 0. The molecule has 0 atom stereocenters. The van der Waals surface area contributed by atoms with Crippen molar-refractivity contribution in [3.8, 4) is 11.8 Å². The Balaban J connectivity index is 1.31. The lowest BCUT2D eigenvalue weighted by atomic mass is 9.55. The van der Waals surface area contributed by atoms with Gasteiger partial charge in [-0.3, -0.25) is 4.79 Å². The maximum Gasteiger partial charge on any atom is 0.277 e.